The zero-order valence-corrected chi connectivity index (χ0v) is 21.1. The monoisotopic (exact) mass is 516 g/mol. The van der Waals surface area contributed by atoms with Crippen LogP contribution in [0.3, 0.4) is 0 Å². The summed E-state index contributed by atoms with van der Waals surface area (Å²) < 4.78 is 33.1. The molecule has 0 radical (unpaired) electrons. The van der Waals surface area contributed by atoms with Crippen molar-refractivity contribution in [2.45, 2.75) is 44.6 Å². The van der Waals surface area contributed by atoms with Crippen molar-refractivity contribution in [3.05, 3.63) is 52.9 Å². The number of aromatic nitrogens is 3. The van der Waals surface area contributed by atoms with Crippen molar-refractivity contribution < 1.29 is 12.8 Å². The summed E-state index contributed by atoms with van der Waals surface area (Å²) in [5.74, 6) is 1.95. The quantitative estimate of drug-likeness (QED) is 0.378. The molecule has 35 heavy (non-hydrogen) atoms. The second kappa shape index (κ2) is 10.1. The molecule has 2 atom stereocenters. The maximum Gasteiger partial charge on any atom is 0.249 e. The first kappa shape index (κ1) is 24.0. The number of rotatable bonds is 9. The van der Waals surface area contributed by atoms with Gasteiger partial charge in [0.1, 0.15) is 5.82 Å². The number of pyridine rings is 1. The average Bonchev–Trinajstić information content (AvgIpc) is 3.58. The molecule has 9 nitrogen and oxygen atoms in total. The molecule has 2 aromatic heterocycles. The van der Waals surface area contributed by atoms with Gasteiger partial charge >= 0.3 is 0 Å². The first-order valence-corrected chi connectivity index (χ1v) is 14.0. The van der Waals surface area contributed by atoms with Gasteiger partial charge in [0.05, 0.1) is 22.4 Å². The number of anilines is 2. The molecule has 3 aromatic rings. The van der Waals surface area contributed by atoms with Crippen molar-refractivity contribution >= 4 is 33.3 Å². The van der Waals surface area contributed by atoms with Crippen molar-refractivity contribution in [2.24, 2.45) is 5.92 Å². The second-order valence-corrected chi connectivity index (χ2v) is 11.5. The fraction of sp³-hybridized carbons (Fsp3) is 0.458. The second-order valence-electron chi connectivity index (χ2n) is 9.08. The summed E-state index contributed by atoms with van der Waals surface area (Å²) in [6.07, 6.45) is 4.41. The molecule has 3 heterocycles. The summed E-state index contributed by atoms with van der Waals surface area (Å²) in [6, 6.07) is 11.9. The highest BCUT2D eigenvalue weighted by Crippen LogP contribution is 2.40. The SMILES string of the molecule is CCS(=O)(=O)Nc1nc(NCC2CC2)cc(-c2nnc(C3NCCCC3c3ccccc3)o2)c1Cl. The van der Waals surface area contributed by atoms with Gasteiger partial charge in [0.25, 0.3) is 0 Å². The third-order valence-electron chi connectivity index (χ3n) is 6.48. The molecule has 2 aliphatic rings. The summed E-state index contributed by atoms with van der Waals surface area (Å²) in [5.41, 5.74) is 1.65. The van der Waals surface area contributed by atoms with Gasteiger partial charge in [0.15, 0.2) is 5.82 Å². The van der Waals surface area contributed by atoms with Crippen molar-refractivity contribution in [3.8, 4) is 11.5 Å². The number of hydrogen-bond acceptors (Lipinski definition) is 8. The Morgan fingerprint density at radius 3 is 2.71 bits per heavy atom. The van der Waals surface area contributed by atoms with E-state index in [0.717, 1.165) is 25.9 Å². The minimum atomic E-state index is -3.58. The highest BCUT2D eigenvalue weighted by Gasteiger charge is 2.32. The molecule has 1 aliphatic heterocycles. The van der Waals surface area contributed by atoms with E-state index in [1.165, 1.54) is 18.4 Å². The number of nitrogens with zero attached hydrogens (tertiary/aromatic N) is 3. The van der Waals surface area contributed by atoms with Gasteiger partial charge in [-0.05, 0) is 56.7 Å². The molecule has 1 aromatic carbocycles. The van der Waals surface area contributed by atoms with E-state index in [-0.39, 0.29) is 34.4 Å². The van der Waals surface area contributed by atoms with E-state index in [9.17, 15) is 8.42 Å². The zero-order chi connectivity index (χ0) is 24.4. The maximum absolute atomic E-state index is 12.2. The van der Waals surface area contributed by atoms with Crippen LogP contribution >= 0.6 is 11.6 Å². The highest BCUT2D eigenvalue weighted by molar-refractivity contribution is 7.92. The normalized spacial score (nSPS) is 20.5. The lowest BCUT2D eigenvalue weighted by Gasteiger charge is -2.30. The number of piperidine rings is 1. The molecule has 5 rings (SSSR count). The van der Waals surface area contributed by atoms with Gasteiger partial charge in [-0.1, -0.05) is 41.9 Å². The van der Waals surface area contributed by atoms with E-state index in [4.69, 9.17) is 16.0 Å². The molecular formula is C24H29ClN6O3S. The van der Waals surface area contributed by atoms with Gasteiger partial charge in [-0.3, -0.25) is 4.72 Å². The van der Waals surface area contributed by atoms with Crippen LogP contribution in [0.15, 0.2) is 40.8 Å². The lowest BCUT2D eigenvalue weighted by atomic mass is 9.85. The van der Waals surface area contributed by atoms with Crippen molar-refractivity contribution in [2.75, 3.05) is 28.9 Å². The molecule has 11 heteroatoms. The molecule has 1 saturated carbocycles. The van der Waals surface area contributed by atoms with E-state index in [2.05, 4.69) is 42.7 Å². The summed E-state index contributed by atoms with van der Waals surface area (Å²) in [5, 5.41) is 15.5. The Labute approximate surface area is 210 Å². The van der Waals surface area contributed by atoms with Crippen LogP contribution in [0.5, 0.6) is 0 Å². The van der Waals surface area contributed by atoms with Crippen LogP contribution in [0.2, 0.25) is 5.02 Å². The van der Waals surface area contributed by atoms with E-state index in [1.54, 1.807) is 13.0 Å². The first-order valence-electron chi connectivity index (χ1n) is 12.0. The topological polar surface area (TPSA) is 122 Å². The van der Waals surface area contributed by atoms with Crippen molar-refractivity contribution in [1.82, 2.24) is 20.5 Å². The molecule has 0 amide bonds. The van der Waals surface area contributed by atoms with Gasteiger partial charge in [-0.15, -0.1) is 10.2 Å². The fourth-order valence-electron chi connectivity index (χ4n) is 4.31. The predicted octanol–water partition coefficient (Wildman–Crippen LogP) is 4.58. The molecule has 2 fully saturated rings. The Morgan fingerprint density at radius 1 is 1.17 bits per heavy atom. The summed E-state index contributed by atoms with van der Waals surface area (Å²) in [6.45, 7) is 3.17. The van der Waals surface area contributed by atoms with Crippen molar-refractivity contribution in [1.29, 1.82) is 0 Å². The van der Waals surface area contributed by atoms with Crippen LogP contribution in [0.25, 0.3) is 11.5 Å². The van der Waals surface area contributed by atoms with Gasteiger partial charge in [0, 0.05) is 12.5 Å². The van der Waals surface area contributed by atoms with Crippen LogP contribution in [-0.2, 0) is 10.0 Å². The summed E-state index contributed by atoms with van der Waals surface area (Å²) in [4.78, 5) is 4.40. The molecule has 0 bridgehead atoms. The van der Waals surface area contributed by atoms with Gasteiger partial charge in [-0.25, -0.2) is 13.4 Å². The minimum absolute atomic E-state index is 0.0435. The number of hydrogen-bond donors (Lipinski definition) is 3. The lowest BCUT2D eigenvalue weighted by Crippen LogP contribution is -2.33. The van der Waals surface area contributed by atoms with Crippen LogP contribution in [0.4, 0.5) is 11.6 Å². The number of sulfonamides is 1. The van der Waals surface area contributed by atoms with E-state index >= 15 is 0 Å². The lowest BCUT2D eigenvalue weighted by molar-refractivity contribution is 0.303. The van der Waals surface area contributed by atoms with Gasteiger partial charge in [-0.2, -0.15) is 0 Å². The minimum Gasteiger partial charge on any atom is -0.419 e. The Bertz CT molecular complexity index is 1280. The number of halogens is 1. The third-order valence-corrected chi connectivity index (χ3v) is 8.13. The summed E-state index contributed by atoms with van der Waals surface area (Å²) in [7, 11) is -3.58. The molecule has 186 valence electrons. The Kier molecular flexibility index (Phi) is 6.95. The number of benzene rings is 1. The molecule has 1 saturated heterocycles. The Morgan fingerprint density at radius 2 is 1.97 bits per heavy atom. The molecule has 3 N–H and O–H groups in total. The van der Waals surface area contributed by atoms with Crippen LogP contribution in [0, 0.1) is 5.92 Å². The van der Waals surface area contributed by atoms with Crippen LogP contribution < -0.4 is 15.4 Å². The summed E-state index contributed by atoms with van der Waals surface area (Å²) >= 11 is 6.61. The Hall–Kier alpha value is -2.69. The Balaban J connectivity index is 1.48. The smallest absolute Gasteiger partial charge is 0.249 e. The third kappa shape index (κ3) is 5.60. The van der Waals surface area contributed by atoms with Gasteiger partial charge < -0.3 is 15.1 Å². The van der Waals surface area contributed by atoms with Crippen molar-refractivity contribution in [3.63, 3.8) is 0 Å². The molecule has 2 unspecified atom stereocenters. The van der Waals surface area contributed by atoms with Crippen LogP contribution in [0.1, 0.15) is 56.0 Å². The highest BCUT2D eigenvalue weighted by atomic mass is 35.5. The average molecular weight is 517 g/mol. The molecule has 0 spiro atoms. The van der Waals surface area contributed by atoms with Crippen LogP contribution in [-0.4, -0.2) is 42.4 Å². The van der Waals surface area contributed by atoms with Gasteiger partial charge in [0.2, 0.25) is 21.8 Å². The maximum atomic E-state index is 12.2. The largest absolute Gasteiger partial charge is 0.419 e. The molecule has 1 aliphatic carbocycles. The molecular weight excluding hydrogens is 488 g/mol. The standard InChI is InChI=1S/C24H29ClN6O3S/c1-2-35(32,33)31-22-20(25)18(13-19(28-22)27-14-15-10-11-15)23-29-30-24(34-23)21-17(9-6-12-26-21)16-7-4-3-5-8-16/h3-5,7-8,13,15,17,21,26H,2,6,9-12,14H2,1H3,(H2,27,28,31). The number of nitrogens with one attached hydrogen (secondary N) is 3. The van der Waals surface area contributed by atoms with E-state index in [0.29, 0.717) is 23.2 Å². The first-order chi connectivity index (χ1) is 16.9. The fourth-order valence-corrected chi connectivity index (χ4v) is 5.18. The zero-order valence-electron chi connectivity index (χ0n) is 19.5. The van der Waals surface area contributed by atoms with E-state index < -0.39 is 10.0 Å². The predicted molar refractivity (Wildman–Crippen MR) is 136 cm³/mol. The van der Waals surface area contributed by atoms with E-state index in [1.807, 2.05) is 18.2 Å².